The Kier molecular flexibility index (Phi) is 4.09. The van der Waals surface area contributed by atoms with Crippen molar-refractivity contribution in [2.75, 3.05) is 19.0 Å². The molecule has 0 saturated heterocycles. The van der Waals surface area contributed by atoms with Crippen LogP contribution in [0.1, 0.15) is 17.3 Å². The third-order valence-corrected chi connectivity index (χ3v) is 2.34. The lowest BCUT2D eigenvalue weighted by Gasteiger charge is -2.14. The monoisotopic (exact) mass is 236 g/mol. The topological polar surface area (TPSA) is 69.6 Å². The molecule has 0 unspecified atom stereocenters. The summed E-state index contributed by atoms with van der Waals surface area (Å²) in [6.45, 7) is 1.43. The Morgan fingerprint density at radius 2 is 2.00 bits per heavy atom. The zero-order chi connectivity index (χ0) is 13.0. The highest BCUT2D eigenvalue weighted by molar-refractivity contribution is 5.97. The summed E-state index contributed by atoms with van der Waals surface area (Å²) >= 11 is 0. The van der Waals surface area contributed by atoms with Gasteiger partial charge in [-0.1, -0.05) is 6.07 Å². The van der Waals surface area contributed by atoms with Crippen LogP contribution < -0.4 is 10.2 Å². The Balaban J connectivity index is 2.82. The summed E-state index contributed by atoms with van der Waals surface area (Å²) in [5, 5.41) is 11.1. The van der Waals surface area contributed by atoms with Crippen LogP contribution >= 0.6 is 0 Å². The first-order chi connectivity index (χ1) is 7.91. The lowest BCUT2D eigenvalue weighted by molar-refractivity contribution is -0.138. The molecule has 0 radical (unpaired) electrons. The number of nitrogens with zero attached hydrogens (tertiary/aromatic N) is 1. The average Bonchev–Trinajstić information content (AvgIpc) is 2.28. The van der Waals surface area contributed by atoms with E-state index in [1.165, 1.54) is 6.92 Å². The maximum atomic E-state index is 11.7. The first-order valence-corrected chi connectivity index (χ1v) is 5.23. The first kappa shape index (κ1) is 13.0. The van der Waals surface area contributed by atoms with Crippen LogP contribution in [0.2, 0.25) is 0 Å². The Morgan fingerprint density at radius 1 is 1.35 bits per heavy atom. The zero-order valence-corrected chi connectivity index (χ0v) is 10.1. The van der Waals surface area contributed by atoms with Gasteiger partial charge in [-0.05, 0) is 25.1 Å². The number of benzene rings is 1. The van der Waals surface area contributed by atoms with Gasteiger partial charge in [0, 0.05) is 25.3 Å². The van der Waals surface area contributed by atoms with Crippen LogP contribution in [0.15, 0.2) is 24.3 Å². The minimum Gasteiger partial charge on any atom is -0.480 e. The van der Waals surface area contributed by atoms with E-state index in [1.54, 1.807) is 18.2 Å². The number of carboxylic acid groups (broad SMARTS) is 1. The van der Waals surface area contributed by atoms with Crippen LogP contribution in [-0.2, 0) is 4.79 Å². The fraction of sp³-hybridized carbons (Fsp3) is 0.333. The molecule has 1 rings (SSSR count). The summed E-state index contributed by atoms with van der Waals surface area (Å²) in [5.41, 5.74) is 1.34. The quantitative estimate of drug-likeness (QED) is 0.816. The Morgan fingerprint density at radius 3 is 2.53 bits per heavy atom. The van der Waals surface area contributed by atoms with Crippen LogP contribution in [0.4, 0.5) is 5.69 Å². The van der Waals surface area contributed by atoms with E-state index in [4.69, 9.17) is 5.11 Å². The van der Waals surface area contributed by atoms with Crippen LogP contribution in [-0.4, -0.2) is 37.1 Å². The second kappa shape index (κ2) is 5.34. The summed E-state index contributed by atoms with van der Waals surface area (Å²) in [6, 6.07) is 6.10. The molecular weight excluding hydrogens is 220 g/mol. The molecule has 0 fully saturated rings. The maximum Gasteiger partial charge on any atom is 0.325 e. The van der Waals surface area contributed by atoms with Crippen LogP contribution in [0.3, 0.4) is 0 Å². The van der Waals surface area contributed by atoms with E-state index in [2.05, 4.69) is 5.32 Å². The third kappa shape index (κ3) is 3.48. The minimum absolute atomic E-state index is 0.386. The Hall–Kier alpha value is -2.04. The standard InChI is InChI=1S/C12H16N2O3/c1-8(12(16)17)13-11(15)9-5-4-6-10(7-9)14(2)3/h4-8H,1-3H3,(H,13,15)(H,16,17)/t8-/m1/s1. The summed E-state index contributed by atoms with van der Waals surface area (Å²) in [6.07, 6.45) is 0. The number of carboxylic acids is 1. The number of carbonyl (C=O) groups excluding carboxylic acids is 1. The van der Waals surface area contributed by atoms with E-state index >= 15 is 0 Å². The van der Waals surface area contributed by atoms with Crippen molar-refractivity contribution in [2.24, 2.45) is 0 Å². The van der Waals surface area contributed by atoms with Crippen molar-refractivity contribution >= 4 is 17.6 Å². The van der Waals surface area contributed by atoms with Crippen molar-refractivity contribution in [2.45, 2.75) is 13.0 Å². The number of hydrogen-bond acceptors (Lipinski definition) is 3. The fourth-order valence-electron chi connectivity index (χ4n) is 1.27. The van der Waals surface area contributed by atoms with Crippen molar-refractivity contribution in [1.82, 2.24) is 5.32 Å². The molecule has 1 atom stereocenters. The average molecular weight is 236 g/mol. The van der Waals surface area contributed by atoms with E-state index in [0.717, 1.165) is 5.69 Å². The molecule has 0 aliphatic carbocycles. The second-order valence-electron chi connectivity index (χ2n) is 3.98. The highest BCUT2D eigenvalue weighted by atomic mass is 16.4. The predicted octanol–water partition coefficient (Wildman–Crippen LogP) is 0.956. The lowest BCUT2D eigenvalue weighted by Crippen LogP contribution is -2.38. The van der Waals surface area contributed by atoms with Gasteiger partial charge in [-0.2, -0.15) is 0 Å². The van der Waals surface area contributed by atoms with Crippen molar-refractivity contribution < 1.29 is 14.7 Å². The van der Waals surface area contributed by atoms with Crippen molar-refractivity contribution in [3.05, 3.63) is 29.8 Å². The van der Waals surface area contributed by atoms with Gasteiger partial charge in [-0.3, -0.25) is 9.59 Å². The van der Waals surface area contributed by atoms with Gasteiger partial charge in [0.05, 0.1) is 0 Å². The molecule has 17 heavy (non-hydrogen) atoms. The highest BCUT2D eigenvalue weighted by Gasteiger charge is 2.15. The smallest absolute Gasteiger partial charge is 0.325 e. The van der Waals surface area contributed by atoms with E-state index in [-0.39, 0.29) is 5.91 Å². The number of anilines is 1. The lowest BCUT2D eigenvalue weighted by atomic mass is 10.1. The van der Waals surface area contributed by atoms with Gasteiger partial charge in [-0.25, -0.2) is 0 Å². The molecule has 0 aliphatic heterocycles. The molecule has 0 heterocycles. The second-order valence-corrected chi connectivity index (χ2v) is 3.98. The molecule has 2 N–H and O–H groups in total. The molecule has 1 aromatic carbocycles. The summed E-state index contributed by atoms with van der Waals surface area (Å²) < 4.78 is 0. The number of rotatable bonds is 4. The maximum absolute atomic E-state index is 11.7. The van der Waals surface area contributed by atoms with E-state index in [1.807, 2.05) is 25.1 Å². The number of carbonyl (C=O) groups is 2. The largest absolute Gasteiger partial charge is 0.480 e. The predicted molar refractivity (Wildman–Crippen MR) is 65.3 cm³/mol. The number of amides is 1. The molecule has 5 nitrogen and oxygen atoms in total. The minimum atomic E-state index is -1.05. The third-order valence-electron chi connectivity index (χ3n) is 2.34. The molecular formula is C12H16N2O3. The van der Waals surface area contributed by atoms with E-state index in [9.17, 15) is 9.59 Å². The highest BCUT2D eigenvalue weighted by Crippen LogP contribution is 2.13. The number of hydrogen-bond donors (Lipinski definition) is 2. The molecule has 0 spiro atoms. The van der Waals surface area contributed by atoms with Crippen molar-refractivity contribution in [1.29, 1.82) is 0 Å². The molecule has 1 aromatic rings. The molecule has 0 saturated carbocycles. The molecule has 0 aliphatic rings. The zero-order valence-electron chi connectivity index (χ0n) is 10.1. The summed E-state index contributed by atoms with van der Waals surface area (Å²) in [5.74, 6) is -1.44. The van der Waals surface area contributed by atoms with Crippen molar-refractivity contribution in [3.63, 3.8) is 0 Å². The van der Waals surface area contributed by atoms with Crippen molar-refractivity contribution in [3.8, 4) is 0 Å². The molecule has 5 heteroatoms. The van der Waals surface area contributed by atoms with Gasteiger partial charge < -0.3 is 15.3 Å². The summed E-state index contributed by atoms with van der Waals surface area (Å²) in [4.78, 5) is 24.2. The van der Waals surface area contributed by atoms with Crippen LogP contribution in [0.5, 0.6) is 0 Å². The molecule has 0 bridgehead atoms. The van der Waals surface area contributed by atoms with E-state index < -0.39 is 12.0 Å². The van der Waals surface area contributed by atoms with Gasteiger partial charge in [0.25, 0.3) is 5.91 Å². The first-order valence-electron chi connectivity index (χ1n) is 5.23. The van der Waals surface area contributed by atoms with Crippen LogP contribution in [0.25, 0.3) is 0 Å². The van der Waals surface area contributed by atoms with Crippen LogP contribution in [0, 0.1) is 0 Å². The van der Waals surface area contributed by atoms with Gasteiger partial charge in [0.2, 0.25) is 0 Å². The Bertz CT molecular complexity index is 430. The summed E-state index contributed by atoms with van der Waals surface area (Å²) in [7, 11) is 3.74. The number of aliphatic carboxylic acids is 1. The normalized spacial score (nSPS) is 11.7. The molecule has 1 amide bonds. The van der Waals surface area contributed by atoms with Gasteiger partial charge in [0.15, 0.2) is 0 Å². The number of nitrogens with one attached hydrogen (secondary N) is 1. The Labute approximate surface area is 100 Å². The molecule has 0 aromatic heterocycles. The van der Waals surface area contributed by atoms with Gasteiger partial charge in [0.1, 0.15) is 6.04 Å². The SMILES string of the molecule is C[C@@H](NC(=O)c1cccc(N(C)C)c1)C(=O)O. The molecule has 92 valence electrons. The van der Waals surface area contributed by atoms with E-state index in [0.29, 0.717) is 5.56 Å². The fourth-order valence-corrected chi connectivity index (χ4v) is 1.27. The van der Waals surface area contributed by atoms with Gasteiger partial charge in [-0.15, -0.1) is 0 Å². The van der Waals surface area contributed by atoms with Gasteiger partial charge >= 0.3 is 5.97 Å².